The molecule has 0 saturated heterocycles. The molecule has 1 amide bonds. The summed E-state index contributed by atoms with van der Waals surface area (Å²) in [6.07, 6.45) is 1.36. The topological polar surface area (TPSA) is 50.4 Å². The Morgan fingerprint density at radius 1 is 1.40 bits per heavy atom. The van der Waals surface area contributed by atoms with Crippen molar-refractivity contribution in [2.45, 2.75) is 60.1 Å². The molecule has 2 N–H and O–H groups in total. The van der Waals surface area contributed by atoms with E-state index in [1.165, 1.54) is 0 Å². The minimum atomic E-state index is -0.380. The van der Waals surface area contributed by atoms with Gasteiger partial charge >= 0.3 is 0 Å². The van der Waals surface area contributed by atoms with Crippen LogP contribution in [0.25, 0.3) is 0 Å². The molecule has 1 aliphatic rings. The Kier molecular flexibility index (Phi) is 5.61. The molecule has 2 unspecified atom stereocenters. The Hall–Kier alpha value is -0.610. The number of carbonyl (C=O) groups excluding carboxylic acids is 1. The molecule has 0 heterocycles. The van der Waals surface area contributed by atoms with Crippen molar-refractivity contribution >= 4 is 5.91 Å². The third kappa shape index (κ3) is 3.95. The lowest BCUT2D eigenvalue weighted by molar-refractivity contribution is -0.133. The molecule has 0 bridgehead atoms. The normalized spacial score (nSPS) is 25.4. The van der Waals surface area contributed by atoms with Crippen molar-refractivity contribution in [3.63, 3.8) is 0 Å². The standard InChI is InChI=1S/C16H32N2O2/c1-11(2)9-20-13-8-12(16(13,5)6)18-10-15(3,4)14(19)17-7/h11-13,18H,8-10H2,1-7H3,(H,17,19). The van der Waals surface area contributed by atoms with Gasteiger partial charge in [-0.15, -0.1) is 0 Å². The van der Waals surface area contributed by atoms with Gasteiger partial charge < -0.3 is 15.4 Å². The predicted octanol–water partition coefficient (Wildman–Crippen LogP) is 2.19. The molecule has 0 aliphatic heterocycles. The molecule has 118 valence electrons. The van der Waals surface area contributed by atoms with Gasteiger partial charge in [0.15, 0.2) is 0 Å². The fourth-order valence-corrected chi connectivity index (χ4v) is 2.62. The van der Waals surface area contributed by atoms with Gasteiger partial charge in [-0.2, -0.15) is 0 Å². The number of hydrogen-bond donors (Lipinski definition) is 2. The first-order valence-corrected chi connectivity index (χ1v) is 7.68. The van der Waals surface area contributed by atoms with Crippen molar-refractivity contribution in [2.75, 3.05) is 20.2 Å². The highest BCUT2D eigenvalue weighted by molar-refractivity contribution is 5.81. The molecule has 1 fully saturated rings. The molecule has 0 aromatic rings. The average Bonchev–Trinajstić information content (AvgIpc) is 2.35. The van der Waals surface area contributed by atoms with Gasteiger partial charge in [-0.3, -0.25) is 4.79 Å². The van der Waals surface area contributed by atoms with Gasteiger partial charge in [0.05, 0.1) is 11.5 Å². The fraction of sp³-hybridized carbons (Fsp3) is 0.938. The van der Waals surface area contributed by atoms with E-state index in [4.69, 9.17) is 4.74 Å². The minimum Gasteiger partial charge on any atom is -0.377 e. The average molecular weight is 284 g/mol. The summed E-state index contributed by atoms with van der Waals surface area (Å²) in [6.45, 7) is 14.3. The number of carbonyl (C=O) groups is 1. The smallest absolute Gasteiger partial charge is 0.226 e. The molecule has 4 nitrogen and oxygen atoms in total. The summed E-state index contributed by atoms with van der Waals surface area (Å²) >= 11 is 0. The molecule has 0 aromatic carbocycles. The van der Waals surface area contributed by atoms with Crippen LogP contribution in [0.2, 0.25) is 0 Å². The summed E-state index contributed by atoms with van der Waals surface area (Å²) < 4.78 is 5.97. The van der Waals surface area contributed by atoms with Gasteiger partial charge in [-0.25, -0.2) is 0 Å². The Balaban J connectivity index is 2.42. The molecule has 1 saturated carbocycles. The van der Waals surface area contributed by atoms with Crippen LogP contribution in [0.15, 0.2) is 0 Å². The summed E-state index contributed by atoms with van der Waals surface area (Å²) in [4.78, 5) is 11.8. The van der Waals surface area contributed by atoms with Crippen molar-refractivity contribution in [1.82, 2.24) is 10.6 Å². The monoisotopic (exact) mass is 284 g/mol. The van der Waals surface area contributed by atoms with E-state index in [1.807, 2.05) is 13.8 Å². The number of hydrogen-bond acceptors (Lipinski definition) is 3. The Labute approximate surface area is 124 Å². The summed E-state index contributed by atoms with van der Waals surface area (Å²) in [5.41, 5.74) is -0.248. The van der Waals surface area contributed by atoms with Crippen molar-refractivity contribution in [1.29, 1.82) is 0 Å². The second-order valence-corrected chi connectivity index (χ2v) is 7.67. The van der Waals surface area contributed by atoms with Crippen molar-refractivity contribution in [3.05, 3.63) is 0 Å². The van der Waals surface area contributed by atoms with Crippen LogP contribution in [0.3, 0.4) is 0 Å². The number of ether oxygens (including phenoxy) is 1. The number of rotatable bonds is 7. The largest absolute Gasteiger partial charge is 0.377 e. The molecule has 0 spiro atoms. The maximum Gasteiger partial charge on any atom is 0.226 e. The first kappa shape index (κ1) is 17.4. The zero-order valence-corrected chi connectivity index (χ0v) is 14.2. The van der Waals surface area contributed by atoms with E-state index in [0.29, 0.717) is 24.6 Å². The van der Waals surface area contributed by atoms with E-state index < -0.39 is 0 Å². The highest BCUT2D eigenvalue weighted by Gasteiger charge is 2.49. The highest BCUT2D eigenvalue weighted by atomic mass is 16.5. The lowest BCUT2D eigenvalue weighted by Gasteiger charge is -2.52. The lowest BCUT2D eigenvalue weighted by Crippen LogP contribution is -2.62. The van der Waals surface area contributed by atoms with Crippen LogP contribution >= 0.6 is 0 Å². The van der Waals surface area contributed by atoms with Gasteiger partial charge in [-0.1, -0.05) is 27.7 Å². The van der Waals surface area contributed by atoms with Crippen LogP contribution in [0, 0.1) is 16.7 Å². The molecule has 1 rings (SSSR count). The van der Waals surface area contributed by atoms with Crippen molar-refractivity contribution in [3.8, 4) is 0 Å². The van der Waals surface area contributed by atoms with E-state index in [-0.39, 0.29) is 16.7 Å². The van der Waals surface area contributed by atoms with Gasteiger partial charge in [-0.05, 0) is 26.2 Å². The SMILES string of the molecule is CNC(=O)C(C)(C)CNC1CC(OCC(C)C)C1(C)C. The van der Waals surface area contributed by atoms with Crippen molar-refractivity contribution in [2.24, 2.45) is 16.7 Å². The lowest BCUT2D eigenvalue weighted by atomic mass is 9.64. The van der Waals surface area contributed by atoms with Gasteiger partial charge in [0.1, 0.15) is 0 Å². The van der Waals surface area contributed by atoms with Gasteiger partial charge in [0.25, 0.3) is 0 Å². The molecule has 2 atom stereocenters. The van der Waals surface area contributed by atoms with Crippen LogP contribution in [0.5, 0.6) is 0 Å². The maximum absolute atomic E-state index is 11.8. The van der Waals surface area contributed by atoms with Crippen LogP contribution < -0.4 is 10.6 Å². The zero-order chi connectivity index (χ0) is 15.6. The summed E-state index contributed by atoms with van der Waals surface area (Å²) in [6, 6.07) is 0.420. The van der Waals surface area contributed by atoms with E-state index in [2.05, 4.69) is 38.3 Å². The first-order chi connectivity index (χ1) is 9.11. The molecule has 1 aliphatic carbocycles. The van der Waals surface area contributed by atoms with Crippen LogP contribution in [0.1, 0.15) is 48.0 Å². The van der Waals surface area contributed by atoms with Gasteiger partial charge in [0.2, 0.25) is 5.91 Å². The Bertz CT molecular complexity index is 337. The highest BCUT2D eigenvalue weighted by Crippen LogP contribution is 2.43. The van der Waals surface area contributed by atoms with E-state index in [1.54, 1.807) is 7.05 Å². The third-order valence-corrected chi connectivity index (χ3v) is 4.44. The number of nitrogens with one attached hydrogen (secondary N) is 2. The second-order valence-electron chi connectivity index (χ2n) is 7.67. The fourth-order valence-electron chi connectivity index (χ4n) is 2.62. The molecule has 0 radical (unpaired) electrons. The summed E-state index contributed by atoms with van der Waals surface area (Å²) in [5.74, 6) is 0.653. The van der Waals surface area contributed by atoms with Gasteiger partial charge in [0, 0.05) is 31.7 Å². The Morgan fingerprint density at radius 2 is 2.00 bits per heavy atom. The molecule has 0 aromatic heterocycles. The maximum atomic E-state index is 11.8. The predicted molar refractivity (Wildman–Crippen MR) is 82.6 cm³/mol. The zero-order valence-electron chi connectivity index (χ0n) is 14.2. The molecule has 4 heteroatoms. The quantitative estimate of drug-likeness (QED) is 0.753. The van der Waals surface area contributed by atoms with Crippen LogP contribution in [-0.4, -0.2) is 38.3 Å². The molecular weight excluding hydrogens is 252 g/mol. The van der Waals surface area contributed by atoms with Crippen LogP contribution in [-0.2, 0) is 9.53 Å². The molecule has 20 heavy (non-hydrogen) atoms. The first-order valence-electron chi connectivity index (χ1n) is 7.68. The van der Waals surface area contributed by atoms with E-state index in [0.717, 1.165) is 13.0 Å². The van der Waals surface area contributed by atoms with Crippen LogP contribution in [0.4, 0.5) is 0 Å². The van der Waals surface area contributed by atoms with Crippen molar-refractivity contribution < 1.29 is 9.53 Å². The summed E-state index contributed by atoms with van der Waals surface area (Å²) in [7, 11) is 1.69. The minimum absolute atomic E-state index is 0.0785. The van der Waals surface area contributed by atoms with E-state index >= 15 is 0 Å². The third-order valence-electron chi connectivity index (χ3n) is 4.44. The second kappa shape index (κ2) is 6.44. The Morgan fingerprint density at radius 3 is 2.45 bits per heavy atom. The molecular formula is C16H32N2O2. The number of amides is 1. The summed E-state index contributed by atoms with van der Waals surface area (Å²) in [5, 5.41) is 6.27. The van der Waals surface area contributed by atoms with E-state index in [9.17, 15) is 4.79 Å².